The monoisotopic (exact) mass is 222 g/mol. The highest BCUT2D eigenvalue weighted by molar-refractivity contribution is 6.33. The van der Waals surface area contributed by atoms with Gasteiger partial charge in [-0.15, -0.1) is 0 Å². The first kappa shape index (κ1) is 9.93. The minimum absolute atomic E-state index is 0.555. The molecular formula is C11H11ClN2O. The van der Waals surface area contributed by atoms with Crippen LogP contribution >= 0.6 is 11.6 Å². The van der Waals surface area contributed by atoms with Crippen molar-refractivity contribution in [3.63, 3.8) is 0 Å². The van der Waals surface area contributed by atoms with Crippen LogP contribution in [0.5, 0.6) is 0 Å². The zero-order valence-electron chi connectivity index (χ0n) is 8.03. The highest BCUT2D eigenvalue weighted by atomic mass is 35.5. The topological polar surface area (TPSA) is 51.2 Å². The third-order valence-electron chi connectivity index (χ3n) is 2.09. The molecule has 3 N–H and O–H groups in total. The molecule has 2 rings (SSSR count). The molecule has 0 aliphatic carbocycles. The maximum Gasteiger partial charge on any atom is 0.122 e. The number of anilines is 2. The fraction of sp³-hybridized carbons (Fsp3) is 0.0909. The smallest absolute Gasteiger partial charge is 0.122 e. The highest BCUT2D eigenvalue weighted by Crippen LogP contribution is 2.26. The van der Waals surface area contributed by atoms with Crippen molar-refractivity contribution < 1.29 is 4.42 Å². The molecule has 3 nitrogen and oxygen atoms in total. The number of nitrogen functional groups attached to an aromatic ring is 1. The van der Waals surface area contributed by atoms with Gasteiger partial charge in [0.1, 0.15) is 5.76 Å². The van der Waals surface area contributed by atoms with Gasteiger partial charge in [0.05, 0.1) is 29.2 Å². The van der Waals surface area contributed by atoms with Gasteiger partial charge in [-0.2, -0.15) is 0 Å². The average Bonchev–Trinajstić information content (AvgIpc) is 2.73. The van der Waals surface area contributed by atoms with Crippen LogP contribution < -0.4 is 11.1 Å². The first-order valence-electron chi connectivity index (χ1n) is 4.57. The van der Waals surface area contributed by atoms with Crippen molar-refractivity contribution in [3.05, 3.63) is 47.4 Å². The Morgan fingerprint density at radius 2 is 2.13 bits per heavy atom. The van der Waals surface area contributed by atoms with E-state index in [1.807, 2.05) is 24.3 Å². The molecule has 0 aliphatic heterocycles. The molecule has 0 amide bonds. The summed E-state index contributed by atoms with van der Waals surface area (Å²) in [6.45, 7) is 0.595. The summed E-state index contributed by atoms with van der Waals surface area (Å²) in [5, 5.41) is 3.71. The van der Waals surface area contributed by atoms with E-state index in [1.54, 1.807) is 12.3 Å². The van der Waals surface area contributed by atoms with Crippen molar-refractivity contribution >= 4 is 23.0 Å². The molecule has 0 radical (unpaired) electrons. The van der Waals surface area contributed by atoms with Crippen molar-refractivity contribution in [1.82, 2.24) is 0 Å². The van der Waals surface area contributed by atoms with E-state index in [2.05, 4.69) is 5.32 Å². The van der Waals surface area contributed by atoms with Crippen molar-refractivity contribution in [2.24, 2.45) is 0 Å². The predicted octanol–water partition coefficient (Wildman–Crippen LogP) is 3.13. The number of nitrogens with one attached hydrogen (secondary N) is 1. The quantitative estimate of drug-likeness (QED) is 0.785. The first-order chi connectivity index (χ1) is 7.27. The van der Waals surface area contributed by atoms with Crippen LogP contribution in [-0.4, -0.2) is 0 Å². The molecule has 0 spiro atoms. The van der Waals surface area contributed by atoms with Crippen LogP contribution in [0, 0.1) is 0 Å². The van der Waals surface area contributed by atoms with Gasteiger partial charge in [0.25, 0.3) is 0 Å². The van der Waals surface area contributed by atoms with Gasteiger partial charge in [-0.3, -0.25) is 0 Å². The van der Waals surface area contributed by atoms with E-state index in [9.17, 15) is 0 Å². The largest absolute Gasteiger partial charge is 0.467 e. The molecule has 0 saturated carbocycles. The summed E-state index contributed by atoms with van der Waals surface area (Å²) in [6.07, 6.45) is 1.64. The summed E-state index contributed by atoms with van der Waals surface area (Å²) in [5.41, 5.74) is 7.18. The zero-order valence-corrected chi connectivity index (χ0v) is 8.79. The lowest BCUT2D eigenvalue weighted by Crippen LogP contribution is -2.01. The molecule has 1 heterocycles. The lowest BCUT2D eigenvalue weighted by Gasteiger charge is -2.08. The van der Waals surface area contributed by atoms with Gasteiger partial charge in [-0.1, -0.05) is 17.7 Å². The molecule has 1 aromatic carbocycles. The molecular weight excluding hydrogens is 212 g/mol. The average molecular weight is 223 g/mol. The fourth-order valence-corrected chi connectivity index (χ4v) is 1.46. The number of nitrogens with two attached hydrogens (primary N) is 1. The van der Waals surface area contributed by atoms with Crippen molar-refractivity contribution in [2.75, 3.05) is 11.1 Å². The Labute approximate surface area is 92.8 Å². The molecule has 1 aromatic heterocycles. The SMILES string of the molecule is Nc1c(Cl)cccc1NCc1ccco1. The van der Waals surface area contributed by atoms with Gasteiger partial charge in [-0.25, -0.2) is 0 Å². The van der Waals surface area contributed by atoms with E-state index in [-0.39, 0.29) is 0 Å². The van der Waals surface area contributed by atoms with Gasteiger partial charge in [0.15, 0.2) is 0 Å². The van der Waals surface area contributed by atoms with Gasteiger partial charge in [0.2, 0.25) is 0 Å². The number of rotatable bonds is 3. The molecule has 78 valence electrons. The second kappa shape index (κ2) is 4.28. The Morgan fingerprint density at radius 1 is 1.27 bits per heavy atom. The molecule has 0 unspecified atom stereocenters. The molecule has 0 saturated heterocycles. The molecule has 0 atom stereocenters. The maximum absolute atomic E-state index is 5.89. The molecule has 2 aromatic rings. The summed E-state index contributed by atoms with van der Waals surface area (Å²) >= 11 is 5.89. The van der Waals surface area contributed by atoms with Crippen LogP contribution in [0.3, 0.4) is 0 Å². The van der Waals surface area contributed by atoms with Crippen LogP contribution in [0.1, 0.15) is 5.76 Å². The lowest BCUT2D eigenvalue weighted by molar-refractivity contribution is 0.518. The summed E-state index contributed by atoms with van der Waals surface area (Å²) in [4.78, 5) is 0. The Bertz CT molecular complexity index is 440. The summed E-state index contributed by atoms with van der Waals surface area (Å²) < 4.78 is 5.19. The summed E-state index contributed by atoms with van der Waals surface area (Å²) in [6, 6.07) is 9.23. The van der Waals surface area contributed by atoms with Crippen LogP contribution in [-0.2, 0) is 6.54 Å². The Balaban J connectivity index is 2.08. The Morgan fingerprint density at radius 3 is 2.87 bits per heavy atom. The summed E-state index contributed by atoms with van der Waals surface area (Å²) in [5.74, 6) is 0.856. The van der Waals surface area contributed by atoms with Gasteiger partial charge in [0, 0.05) is 0 Å². The van der Waals surface area contributed by atoms with E-state index in [4.69, 9.17) is 21.8 Å². The second-order valence-corrected chi connectivity index (χ2v) is 3.54. The zero-order chi connectivity index (χ0) is 10.7. The van der Waals surface area contributed by atoms with Crippen molar-refractivity contribution in [1.29, 1.82) is 0 Å². The molecule has 4 heteroatoms. The fourth-order valence-electron chi connectivity index (χ4n) is 1.29. The molecule has 0 fully saturated rings. The van der Waals surface area contributed by atoms with E-state index in [0.717, 1.165) is 11.4 Å². The number of halogens is 1. The predicted molar refractivity (Wildman–Crippen MR) is 61.9 cm³/mol. The van der Waals surface area contributed by atoms with Gasteiger partial charge in [-0.05, 0) is 24.3 Å². The number of hydrogen-bond donors (Lipinski definition) is 2. The van der Waals surface area contributed by atoms with Gasteiger partial charge >= 0.3 is 0 Å². The lowest BCUT2D eigenvalue weighted by atomic mass is 10.2. The van der Waals surface area contributed by atoms with E-state index < -0.39 is 0 Å². The molecule has 15 heavy (non-hydrogen) atoms. The standard InChI is InChI=1S/C11H11ClN2O/c12-9-4-1-5-10(11(9)13)14-7-8-3-2-6-15-8/h1-6,14H,7,13H2. The minimum Gasteiger partial charge on any atom is -0.467 e. The third kappa shape index (κ3) is 2.25. The van der Waals surface area contributed by atoms with E-state index in [0.29, 0.717) is 17.3 Å². The number of benzene rings is 1. The van der Waals surface area contributed by atoms with Crippen molar-refractivity contribution in [3.8, 4) is 0 Å². The van der Waals surface area contributed by atoms with Crippen molar-refractivity contribution in [2.45, 2.75) is 6.54 Å². The van der Waals surface area contributed by atoms with Crippen LogP contribution in [0.25, 0.3) is 0 Å². The molecule has 0 bridgehead atoms. The normalized spacial score (nSPS) is 10.2. The minimum atomic E-state index is 0.555. The number of furan rings is 1. The highest BCUT2D eigenvalue weighted by Gasteiger charge is 2.02. The maximum atomic E-state index is 5.89. The van der Waals surface area contributed by atoms with Gasteiger partial charge < -0.3 is 15.5 Å². The van der Waals surface area contributed by atoms with E-state index in [1.165, 1.54) is 0 Å². The second-order valence-electron chi connectivity index (χ2n) is 3.13. The summed E-state index contributed by atoms with van der Waals surface area (Å²) in [7, 11) is 0. The molecule has 0 aliphatic rings. The van der Waals surface area contributed by atoms with Crippen LogP contribution in [0.4, 0.5) is 11.4 Å². The Kier molecular flexibility index (Phi) is 2.83. The first-order valence-corrected chi connectivity index (χ1v) is 4.95. The Hall–Kier alpha value is -1.61. The third-order valence-corrected chi connectivity index (χ3v) is 2.42. The van der Waals surface area contributed by atoms with E-state index >= 15 is 0 Å². The number of para-hydroxylation sites is 1. The number of hydrogen-bond acceptors (Lipinski definition) is 3. The van der Waals surface area contributed by atoms with Crippen LogP contribution in [0.2, 0.25) is 5.02 Å². The van der Waals surface area contributed by atoms with Crippen LogP contribution in [0.15, 0.2) is 41.0 Å².